The van der Waals surface area contributed by atoms with E-state index in [2.05, 4.69) is 19.2 Å². The van der Waals surface area contributed by atoms with Crippen LogP contribution >= 0.6 is 0 Å². The standard InChI is InChI=1S/C11H22F3NO/c1-4-10(5-2)15-8-9(3)16-7-6-11(12,13)14/h9-10,15H,4-8H2,1-3H3. The van der Waals surface area contributed by atoms with Gasteiger partial charge in [0.05, 0.1) is 19.1 Å². The van der Waals surface area contributed by atoms with Gasteiger partial charge in [0.1, 0.15) is 0 Å². The molecule has 0 aromatic heterocycles. The van der Waals surface area contributed by atoms with Gasteiger partial charge in [0.15, 0.2) is 0 Å². The van der Waals surface area contributed by atoms with E-state index in [0.29, 0.717) is 12.6 Å². The molecule has 0 aliphatic rings. The van der Waals surface area contributed by atoms with Crippen molar-refractivity contribution in [2.45, 2.75) is 58.4 Å². The smallest absolute Gasteiger partial charge is 0.377 e. The Morgan fingerprint density at radius 3 is 2.19 bits per heavy atom. The molecule has 0 aliphatic carbocycles. The first-order chi connectivity index (χ1) is 7.39. The highest BCUT2D eigenvalue weighted by Gasteiger charge is 2.26. The minimum atomic E-state index is -4.12. The van der Waals surface area contributed by atoms with Crippen molar-refractivity contribution in [2.24, 2.45) is 0 Å². The molecule has 2 nitrogen and oxygen atoms in total. The van der Waals surface area contributed by atoms with Gasteiger partial charge in [-0.15, -0.1) is 0 Å². The molecule has 0 rings (SSSR count). The van der Waals surface area contributed by atoms with Crippen LogP contribution in [0.25, 0.3) is 0 Å². The maximum atomic E-state index is 11.8. The Labute approximate surface area is 95.5 Å². The van der Waals surface area contributed by atoms with Crippen LogP contribution in [-0.2, 0) is 4.74 Å². The predicted molar refractivity (Wildman–Crippen MR) is 58.5 cm³/mol. The fraction of sp³-hybridized carbons (Fsp3) is 1.00. The number of hydrogen-bond acceptors (Lipinski definition) is 2. The van der Waals surface area contributed by atoms with E-state index in [1.54, 1.807) is 6.92 Å². The minimum absolute atomic E-state index is 0.178. The molecule has 0 radical (unpaired) electrons. The Morgan fingerprint density at radius 1 is 1.19 bits per heavy atom. The van der Waals surface area contributed by atoms with Gasteiger partial charge in [-0.2, -0.15) is 13.2 Å². The number of ether oxygens (including phenoxy) is 1. The first kappa shape index (κ1) is 15.7. The fourth-order valence-corrected chi connectivity index (χ4v) is 1.34. The van der Waals surface area contributed by atoms with E-state index in [0.717, 1.165) is 12.8 Å². The van der Waals surface area contributed by atoms with Crippen molar-refractivity contribution < 1.29 is 17.9 Å². The second-order valence-corrected chi connectivity index (χ2v) is 3.97. The highest BCUT2D eigenvalue weighted by molar-refractivity contribution is 4.65. The van der Waals surface area contributed by atoms with Crippen molar-refractivity contribution in [3.05, 3.63) is 0 Å². The molecule has 0 heterocycles. The van der Waals surface area contributed by atoms with Crippen molar-refractivity contribution >= 4 is 0 Å². The minimum Gasteiger partial charge on any atom is -0.377 e. The normalized spacial score (nSPS) is 14.4. The molecule has 98 valence electrons. The Balaban J connectivity index is 3.55. The monoisotopic (exact) mass is 241 g/mol. The molecule has 0 aliphatic heterocycles. The second kappa shape index (κ2) is 7.90. The first-order valence-electron chi connectivity index (χ1n) is 5.80. The number of alkyl halides is 3. The quantitative estimate of drug-likeness (QED) is 0.705. The van der Waals surface area contributed by atoms with E-state index in [-0.39, 0.29) is 12.7 Å². The molecule has 0 saturated heterocycles. The van der Waals surface area contributed by atoms with Crippen LogP contribution in [0.4, 0.5) is 13.2 Å². The van der Waals surface area contributed by atoms with Gasteiger partial charge in [-0.05, 0) is 19.8 Å². The van der Waals surface area contributed by atoms with Crippen LogP contribution in [0.5, 0.6) is 0 Å². The van der Waals surface area contributed by atoms with Crippen molar-refractivity contribution in [2.75, 3.05) is 13.2 Å². The van der Waals surface area contributed by atoms with Crippen LogP contribution in [0, 0.1) is 0 Å². The maximum absolute atomic E-state index is 11.8. The average molecular weight is 241 g/mol. The van der Waals surface area contributed by atoms with Crippen LogP contribution in [0.3, 0.4) is 0 Å². The van der Waals surface area contributed by atoms with Gasteiger partial charge in [0, 0.05) is 12.6 Å². The van der Waals surface area contributed by atoms with Gasteiger partial charge in [-0.25, -0.2) is 0 Å². The molecule has 0 aromatic carbocycles. The van der Waals surface area contributed by atoms with Crippen LogP contribution in [0.1, 0.15) is 40.0 Å². The Morgan fingerprint density at radius 2 is 1.75 bits per heavy atom. The van der Waals surface area contributed by atoms with E-state index in [1.807, 2.05) is 0 Å². The molecule has 0 amide bonds. The van der Waals surface area contributed by atoms with Crippen LogP contribution < -0.4 is 5.32 Å². The van der Waals surface area contributed by atoms with Crippen molar-refractivity contribution in [1.82, 2.24) is 5.32 Å². The maximum Gasteiger partial charge on any atom is 0.391 e. The molecule has 1 unspecified atom stereocenters. The predicted octanol–water partition coefficient (Wildman–Crippen LogP) is 3.12. The van der Waals surface area contributed by atoms with Crippen molar-refractivity contribution in [3.8, 4) is 0 Å². The number of rotatable bonds is 8. The summed E-state index contributed by atoms with van der Waals surface area (Å²) >= 11 is 0. The molecule has 0 fully saturated rings. The summed E-state index contributed by atoms with van der Waals surface area (Å²) in [6.45, 7) is 6.29. The highest BCUT2D eigenvalue weighted by atomic mass is 19.4. The summed E-state index contributed by atoms with van der Waals surface area (Å²) in [4.78, 5) is 0. The number of halogens is 3. The van der Waals surface area contributed by atoms with Crippen molar-refractivity contribution in [1.29, 1.82) is 0 Å². The lowest BCUT2D eigenvalue weighted by atomic mass is 10.1. The van der Waals surface area contributed by atoms with E-state index >= 15 is 0 Å². The zero-order chi connectivity index (χ0) is 12.6. The molecule has 0 bridgehead atoms. The molecule has 1 atom stereocenters. The molecule has 0 saturated carbocycles. The van der Waals surface area contributed by atoms with Crippen LogP contribution in [0.15, 0.2) is 0 Å². The zero-order valence-electron chi connectivity index (χ0n) is 10.2. The lowest BCUT2D eigenvalue weighted by Gasteiger charge is -2.19. The number of nitrogens with one attached hydrogen (secondary N) is 1. The van der Waals surface area contributed by atoms with Gasteiger partial charge in [-0.3, -0.25) is 0 Å². The first-order valence-corrected chi connectivity index (χ1v) is 5.80. The zero-order valence-corrected chi connectivity index (χ0v) is 10.2. The molecule has 5 heteroatoms. The third-order valence-corrected chi connectivity index (χ3v) is 2.47. The molecule has 0 aromatic rings. The molecular weight excluding hydrogens is 219 g/mol. The summed E-state index contributed by atoms with van der Waals surface area (Å²) in [5, 5.41) is 3.26. The summed E-state index contributed by atoms with van der Waals surface area (Å²) < 4.78 is 40.6. The van der Waals surface area contributed by atoms with E-state index in [4.69, 9.17) is 4.74 Å². The molecular formula is C11H22F3NO. The van der Waals surface area contributed by atoms with Crippen LogP contribution in [0.2, 0.25) is 0 Å². The highest BCUT2D eigenvalue weighted by Crippen LogP contribution is 2.19. The van der Waals surface area contributed by atoms with Gasteiger partial charge in [0.25, 0.3) is 0 Å². The van der Waals surface area contributed by atoms with Gasteiger partial charge in [-0.1, -0.05) is 13.8 Å². The molecule has 16 heavy (non-hydrogen) atoms. The third kappa shape index (κ3) is 8.97. The Bertz CT molecular complexity index is 169. The molecule has 0 spiro atoms. The van der Waals surface area contributed by atoms with E-state index in [1.165, 1.54) is 0 Å². The van der Waals surface area contributed by atoms with Crippen molar-refractivity contribution in [3.63, 3.8) is 0 Å². The second-order valence-electron chi connectivity index (χ2n) is 3.97. The summed E-state index contributed by atoms with van der Waals surface area (Å²) in [6.07, 6.45) is -3.13. The van der Waals surface area contributed by atoms with E-state index in [9.17, 15) is 13.2 Å². The summed E-state index contributed by atoms with van der Waals surface area (Å²) in [5.74, 6) is 0. The summed E-state index contributed by atoms with van der Waals surface area (Å²) in [7, 11) is 0. The number of hydrogen-bond donors (Lipinski definition) is 1. The average Bonchev–Trinajstić information content (AvgIpc) is 2.17. The Hall–Kier alpha value is -0.290. The van der Waals surface area contributed by atoms with Gasteiger partial charge in [0.2, 0.25) is 0 Å². The van der Waals surface area contributed by atoms with Gasteiger partial charge >= 0.3 is 6.18 Å². The fourth-order valence-electron chi connectivity index (χ4n) is 1.34. The topological polar surface area (TPSA) is 21.3 Å². The lowest BCUT2D eigenvalue weighted by Crippen LogP contribution is -2.35. The SMILES string of the molecule is CCC(CC)NCC(C)OCCC(F)(F)F. The molecule has 1 N–H and O–H groups in total. The Kier molecular flexibility index (Phi) is 7.76. The summed E-state index contributed by atoms with van der Waals surface area (Å²) in [6, 6.07) is 0.425. The van der Waals surface area contributed by atoms with Gasteiger partial charge < -0.3 is 10.1 Å². The van der Waals surface area contributed by atoms with E-state index < -0.39 is 12.6 Å². The lowest BCUT2D eigenvalue weighted by molar-refractivity contribution is -0.148. The summed E-state index contributed by atoms with van der Waals surface area (Å²) in [5.41, 5.74) is 0. The largest absolute Gasteiger partial charge is 0.391 e. The third-order valence-electron chi connectivity index (χ3n) is 2.47. The van der Waals surface area contributed by atoms with Crippen LogP contribution in [-0.4, -0.2) is 31.5 Å².